The molecular formula is C17H14Br2N4O2S. The Labute approximate surface area is 171 Å². The lowest BCUT2D eigenvalue weighted by Crippen LogP contribution is -1.96. The lowest BCUT2D eigenvalue weighted by molar-refractivity contribution is 0.400. The average molecular weight is 498 g/mol. The Morgan fingerprint density at radius 2 is 2.00 bits per heavy atom. The normalized spacial score (nSPS) is 11.2. The summed E-state index contributed by atoms with van der Waals surface area (Å²) in [5, 5.41) is 21.7. The molecule has 3 rings (SSSR count). The minimum absolute atomic E-state index is 0.0145. The van der Waals surface area contributed by atoms with E-state index in [4.69, 9.17) is 17.0 Å². The van der Waals surface area contributed by atoms with Gasteiger partial charge in [-0.25, -0.2) is 5.10 Å². The van der Waals surface area contributed by atoms with Crippen molar-refractivity contribution in [1.82, 2.24) is 14.9 Å². The molecule has 9 heteroatoms. The first-order chi connectivity index (χ1) is 12.4. The molecule has 2 N–H and O–H groups in total. The maximum Gasteiger partial charge on any atom is 0.216 e. The summed E-state index contributed by atoms with van der Waals surface area (Å²) in [7, 11) is 1.52. The molecule has 26 heavy (non-hydrogen) atoms. The Balaban J connectivity index is 2.04. The van der Waals surface area contributed by atoms with Gasteiger partial charge in [0, 0.05) is 11.1 Å². The molecule has 0 atom stereocenters. The van der Waals surface area contributed by atoms with Gasteiger partial charge in [-0.3, -0.25) is 0 Å². The molecule has 2 aromatic carbocycles. The molecule has 0 aliphatic heterocycles. The molecule has 0 saturated carbocycles. The fraction of sp³-hybridized carbons (Fsp3) is 0.118. The topological polar surface area (TPSA) is 75.4 Å². The molecule has 0 unspecified atom stereocenters. The Kier molecular flexibility index (Phi) is 5.59. The first-order valence-electron chi connectivity index (χ1n) is 7.46. The van der Waals surface area contributed by atoms with Crippen LogP contribution < -0.4 is 4.74 Å². The zero-order chi connectivity index (χ0) is 18.8. The van der Waals surface area contributed by atoms with E-state index in [2.05, 4.69) is 47.2 Å². The van der Waals surface area contributed by atoms with E-state index in [1.54, 1.807) is 6.07 Å². The van der Waals surface area contributed by atoms with E-state index in [0.29, 0.717) is 30.9 Å². The van der Waals surface area contributed by atoms with Gasteiger partial charge in [0.05, 0.1) is 17.8 Å². The third kappa shape index (κ3) is 3.60. The number of halogens is 2. The van der Waals surface area contributed by atoms with Crippen molar-refractivity contribution in [2.75, 3.05) is 7.11 Å². The maximum absolute atomic E-state index is 10.4. The lowest BCUT2D eigenvalue weighted by Gasteiger charge is -2.10. The number of nitrogens with zero attached hydrogens (tertiary/aromatic N) is 3. The Hall–Kier alpha value is -1.97. The van der Waals surface area contributed by atoms with Crippen LogP contribution in [0.5, 0.6) is 11.5 Å². The molecule has 0 aliphatic rings. The van der Waals surface area contributed by atoms with Gasteiger partial charge in [-0.05, 0) is 57.1 Å². The van der Waals surface area contributed by atoms with Crippen LogP contribution in [-0.4, -0.2) is 33.3 Å². The Morgan fingerprint density at radius 3 is 2.65 bits per heavy atom. The van der Waals surface area contributed by atoms with Gasteiger partial charge in [0.1, 0.15) is 10.2 Å². The number of aromatic nitrogens is 3. The molecule has 0 bridgehead atoms. The number of phenols is 1. The van der Waals surface area contributed by atoms with Crippen LogP contribution in [0.2, 0.25) is 0 Å². The van der Waals surface area contributed by atoms with Crippen LogP contribution in [0.1, 0.15) is 11.1 Å². The van der Waals surface area contributed by atoms with Gasteiger partial charge in [0.2, 0.25) is 4.77 Å². The highest BCUT2D eigenvalue weighted by Gasteiger charge is 2.15. The molecule has 0 fully saturated rings. The number of aromatic amines is 1. The summed E-state index contributed by atoms with van der Waals surface area (Å²) in [4.78, 5) is 0. The molecule has 0 radical (unpaired) electrons. The molecule has 6 nitrogen and oxygen atoms in total. The summed E-state index contributed by atoms with van der Waals surface area (Å²) in [6.45, 7) is 2.02. The van der Waals surface area contributed by atoms with E-state index in [-0.39, 0.29) is 5.75 Å². The van der Waals surface area contributed by atoms with Gasteiger partial charge >= 0.3 is 0 Å². The van der Waals surface area contributed by atoms with Crippen molar-refractivity contribution in [3.8, 4) is 22.9 Å². The molecule has 3 aromatic rings. The largest absolute Gasteiger partial charge is 0.506 e. The quantitative estimate of drug-likeness (QED) is 0.391. The van der Waals surface area contributed by atoms with Gasteiger partial charge < -0.3 is 9.84 Å². The van der Waals surface area contributed by atoms with Crippen molar-refractivity contribution < 1.29 is 9.84 Å². The van der Waals surface area contributed by atoms with E-state index >= 15 is 0 Å². The van der Waals surface area contributed by atoms with Crippen molar-refractivity contribution in [2.24, 2.45) is 5.10 Å². The summed E-state index contributed by atoms with van der Waals surface area (Å²) < 4.78 is 8.20. The number of phenolic OH excluding ortho intramolecular Hbond substituents is 1. The number of aromatic hydroxyl groups is 1. The summed E-state index contributed by atoms with van der Waals surface area (Å²) >= 11 is 12.0. The highest BCUT2D eigenvalue weighted by Crippen LogP contribution is 2.41. The van der Waals surface area contributed by atoms with Gasteiger partial charge in [-0.15, -0.1) is 0 Å². The number of benzene rings is 2. The molecule has 1 aromatic heterocycles. The summed E-state index contributed by atoms with van der Waals surface area (Å²) in [6.07, 6.45) is 1.51. The first-order valence-corrected chi connectivity index (χ1v) is 9.45. The van der Waals surface area contributed by atoms with Gasteiger partial charge in [-0.2, -0.15) is 14.9 Å². The summed E-state index contributed by atoms with van der Waals surface area (Å²) in [6, 6.07) is 9.58. The number of hydrogen-bond donors (Lipinski definition) is 2. The second kappa shape index (κ2) is 7.73. The molecule has 0 saturated heterocycles. The van der Waals surface area contributed by atoms with Gasteiger partial charge in [-0.1, -0.05) is 29.8 Å². The highest BCUT2D eigenvalue weighted by molar-refractivity contribution is 9.11. The van der Waals surface area contributed by atoms with Crippen molar-refractivity contribution in [1.29, 1.82) is 0 Å². The number of aryl methyl sites for hydroxylation is 1. The highest BCUT2D eigenvalue weighted by atomic mass is 79.9. The van der Waals surface area contributed by atoms with Crippen molar-refractivity contribution in [3.63, 3.8) is 0 Å². The van der Waals surface area contributed by atoms with Crippen LogP contribution in [0, 0.1) is 11.7 Å². The molecule has 0 amide bonds. The maximum atomic E-state index is 10.4. The molecule has 134 valence electrons. The second-order valence-electron chi connectivity index (χ2n) is 5.42. The SMILES string of the molecule is COc1c(Br)cc(/C=N\n2c(-c3ccc(C)cc3)n[nH]c2=S)c(O)c1Br. The number of ether oxygens (including phenoxy) is 1. The molecule has 0 aliphatic carbocycles. The predicted octanol–water partition coefficient (Wildman–Crippen LogP) is 5.04. The standard InChI is InChI=1S/C17H14Br2N4O2S/c1-9-3-5-10(6-4-9)16-21-22-17(26)23(16)20-8-11-7-12(18)15(25-2)13(19)14(11)24/h3-8,24H,1-2H3,(H,22,26)/b20-8-. The Morgan fingerprint density at radius 1 is 1.31 bits per heavy atom. The zero-order valence-electron chi connectivity index (χ0n) is 13.8. The van der Waals surface area contributed by atoms with E-state index in [9.17, 15) is 5.11 Å². The van der Waals surface area contributed by atoms with Crippen LogP contribution >= 0.6 is 44.1 Å². The summed E-state index contributed by atoms with van der Waals surface area (Å²) in [5.74, 6) is 1.10. The first kappa shape index (κ1) is 18.8. The van der Waals surface area contributed by atoms with E-state index < -0.39 is 0 Å². The number of rotatable bonds is 4. The molecule has 0 spiro atoms. The number of H-pyrrole nitrogens is 1. The fourth-order valence-corrected chi connectivity index (χ4v) is 3.96. The fourth-order valence-electron chi connectivity index (χ4n) is 2.30. The van der Waals surface area contributed by atoms with Crippen LogP contribution in [0.25, 0.3) is 11.4 Å². The monoisotopic (exact) mass is 496 g/mol. The smallest absolute Gasteiger partial charge is 0.216 e. The lowest BCUT2D eigenvalue weighted by atomic mass is 10.1. The van der Waals surface area contributed by atoms with Crippen LogP contribution in [0.4, 0.5) is 0 Å². The second-order valence-corrected chi connectivity index (χ2v) is 7.45. The number of nitrogens with one attached hydrogen (secondary N) is 1. The summed E-state index contributed by atoms with van der Waals surface area (Å²) in [5.41, 5.74) is 2.51. The average Bonchev–Trinajstić information content (AvgIpc) is 2.99. The minimum atomic E-state index is 0.0145. The van der Waals surface area contributed by atoms with E-state index in [1.807, 2.05) is 31.2 Å². The van der Waals surface area contributed by atoms with E-state index in [0.717, 1.165) is 11.1 Å². The van der Waals surface area contributed by atoms with Crippen molar-refractivity contribution >= 4 is 50.3 Å². The number of hydrogen-bond acceptors (Lipinski definition) is 5. The third-order valence-electron chi connectivity index (χ3n) is 3.66. The van der Waals surface area contributed by atoms with E-state index in [1.165, 1.54) is 18.0 Å². The van der Waals surface area contributed by atoms with Crippen molar-refractivity contribution in [2.45, 2.75) is 6.92 Å². The van der Waals surface area contributed by atoms with Crippen LogP contribution in [-0.2, 0) is 0 Å². The van der Waals surface area contributed by atoms with Crippen LogP contribution in [0.15, 0.2) is 44.4 Å². The molecule has 1 heterocycles. The zero-order valence-corrected chi connectivity index (χ0v) is 17.8. The van der Waals surface area contributed by atoms with Crippen molar-refractivity contribution in [3.05, 3.63) is 55.2 Å². The predicted molar refractivity (Wildman–Crippen MR) is 111 cm³/mol. The minimum Gasteiger partial charge on any atom is -0.506 e. The Bertz CT molecular complexity index is 1040. The number of methoxy groups -OCH3 is 1. The van der Waals surface area contributed by atoms with Crippen LogP contribution in [0.3, 0.4) is 0 Å². The van der Waals surface area contributed by atoms with Gasteiger partial charge in [0.25, 0.3) is 0 Å². The van der Waals surface area contributed by atoms with Gasteiger partial charge in [0.15, 0.2) is 11.6 Å². The molecular weight excluding hydrogens is 484 g/mol. The third-order valence-corrected chi connectivity index (χ3v) is 5.25.